The standard InChI is InChI=1S/C15H22O8S.C5H9N2.Au/c1-7(16)5-11-13(21-9(3)18)12(6-20-8(2)17)23-15(24)14(11)22-10(4)19;1-6-3-4-7(2)5-6;/h11-15,24H,5-6H2,1-4H3;3-5H,1-2H3;/q;-1;/p-1. The summed E-state index contributed by atoms with van der Waals surface area (Å²) in [5.74, 6) is -2.61. The molecule has 12 heteroatoms. The number of ketones is 1. The van der Waals surface area contributed by atoms with E-state index in [9.17, 15) is 19.2 Å². The van der Waals surface area contributed by atoms with Crippen molar-refractivity contribution in [2.45, 2.75) is 57.9 Å². The number of carbonyl (C=O) groups is 4. The van der Waals surface area contributed by atoms with E-state index in [4.69, 9.17) is 31.6 Å². The summed E-state index contributed by atoms with van der Waals surface area (Å²) in [6.07, 6.45) is 1.26. The van der Waals surface area contributed by atoms with Crippen LogP contribution in [0, 0.1) is 12.6 Å². The molecule has 0 saturated carbocycles. The molecule has 1 fully saturated rings. The summed E-state index contributed by atoms with van der Waals surface area (Å²) in [5.41, 5.74) is -0.967. The Kier molecular flexibility index (Phi) is 13.9. The predicted molar refractivity (Wildman–Crippen MR) is 112 cm³/mol. The van der Waals surface area contributed by atoms with Gasteiger partial charge in [-0.1, -0.05) is 0 Å². The maximum atomic E-state index is 11.6. The van der Waals surface area contributed by atoms with Crippen LogP contribution in [0.4, 0.5) is 0 Å². The molecule has 0 aromatic rings. The minimum atomic E-state index is -0.967. The predicted octanol–water partition coefficient (Wildman–Crippen LogP) is 0.732. The summed E-state index contributed by atoms with van der Waals surface area (Å²) in [5, 5.41) is 0. The van der Waals surface area contributed by atoms with Crippen LogP contribution in [0.1, 0.15) is 34.1 Å². The third-order valence-corrected chi connectivity index (χ3v) is 4.65. The van der Waals surface area contributed by atoms with Gasteiger partial charge in [0.1, 0.15) is 30.7 Å². The van der Waals surface area contributed by atoms with Gasteiger partial charge in [-0.2, -0.15) is 6.67 Å². The molecule has 5 unspecified atom stereocenters. The van der Waals surface area contributed by atoms with Crippen molar-refractivity contribution >= 4 is 36.3 Å². The summed E-state index contributed by atoms with van der Waals surface area (Å²) >= 11 is 5.19. The molecule has 2 aliphatic rings. The number of ether oxygens (including phenoxy) is 4. The molecular weight excluding hydrogens is 625 g/mol. The van der Waals surface area contributed by atoms with Crippen molar-refractivity contribution in [3.8, 4) is 0 Å². The van der Waals surface area contributed by atoms with E-state index in [-0.39, 0.29) is 41.2 Å². The Hall–Kier alpha value is -1.53. The van der Waals surface area contributed by atoms with Crippen LogP contribution in [0.3, 0.4) is 0 Å². The fraction of sp³-hybridized carbons (Fsp3) is 0.650. The Labute approximate surface area is 209 Å². The van der Waals surface area contributed by atoms with E-state index in [1.165, 1.54) is 27.7 Å². The van der Waals surface area contributed by atoms with E-state index in [2.05, 4.69) is 0 Å². The normalized spacial score (nSPS) is 26.3. The maximum Gasteiger partial charge on any atom is 0.303 e. The van der Waals surface area contributed by atoms with Gasteiger partial charge in [0.05, 0.1) is 0 Å². The molecule has 2 aliphatic heterocycles. The van der Waals surface area contributed by atoms with Gasteiger partial charge in [-0.3, -0.25) is 14.4 Å². The van der Waals surface area contributed by atoms with Gasteiger partial charge >= 0.3 is 17.9 Å². The molecule has 10 nitrogen and oxygen atoms in total. The molecule has 0 amide bonds. The van der Waals surface area contributed by atoms with Crippen molar-refractivity contribution in [1.82, 2.24) is 9.80 Å². The molecule has 32 heavy (non-hydrogen) atoms. The Morgan fingerprint density at radius 3 is 1.81 bits per heavy atom. The molecule has 2 rings (SSSR count). The van der Waals surface area contributed by atoms with Crippen molar-refractivity contribution in [2.75, 3.05) is 20.7 Å². The van der Waals surface area contributed by atoms with Crippen LogP contribution in [-0.4, -0.2) is 77.9 Å². The number of esters is 3. The van der Waals surface area contributed by atoms with Crippen LogP contribution >= 0.6 is 0 Å². The first kappa shape index (κ1) is 30.5. The number of nitrogens with zero attached hydrogens (tertiary/aromatic N) is 2. The van der Waals surface area contributed by atoms with Crippen LogP contribution in [0.15, 0.2) is 12.4 Å². The van der Waals surface area contributed by atoms with E-state index in [0.717, 1.165) is 0 Å². The first-order valence-corrected chi connectivity index (χ1v) is 10.1. The van der Waals surface area contributed by atoms with Gasteiger partial charge in [0.25, 0.3) is 0 Å². The average molecular weight is 656 g/mol. The zero-order valence-corrected chi connectivity index (χ0v) is 21.9. The number of hydrogen-bond donors (Lipinski definition) is 0. The number of rotatable bonds is 6. The smallest absolute Gasteiger partial charge is 0.303 e. The summed E-state index contributed by atoms with van der Waals surface area (Å²) in [6.45, 7) is 6.81. The molecule has 1 radical (unpaired) electrons. The number of carbonyl (C=O) groups excluding carboxylic acids is 4. The molecule has 187 valence electrons. The topological polar surface area (TPSA) is 112 Å². The van der Waals surface area contributed by atoms with E-state index in [0.29, 0.717) is 0 Å². The van der Waals surface area contributed by atoms with E-state index < -0.39 is 47.6 Å². The summed E-state index contributed by atoms with van der Waals surface area (Å²) in [6, 6.07) is 0. The second-order valence-electron chi connectivity index (χ2n) is 7.31. The largest absolute Gasteiger partial charge is 0.758 e. The van der Waals surface area contributed by atoms with Gasteiger partial charge < -0.3 is 46.2 Å². The minimum Gasteiger partial charge on any atom is -0.758 e. The van der Waals surface area contributed by atoms with Crippen molar-refractivity contribution in [3.05, 3.63) is 19.1 Å². The van der Waals surface area contributed by atoms with E-state index >= 15 is 0 Å². The summed E-state index contributed by atoms with van der Waals surface area (Å²) in [4.78, 5) is 49.4. The Morgan fingerprint density at radius 2 is 1.44 bits per heavy atom. The van der Waals surface area contributed by atoms with Crippen molar-refractivity contribution < 1.29 is 60.5 Å². The zero-order chi connectivity index (χ0) is 23.7. The fourth-order valence-electron chi connectivity index (χ4n) is 3.15. The maximum absolute atomic E-state index is 11.6. The molecule has 0 aromatic carbocycles. The Balaban J connectivity index is 0.00000102. The van der Waals surface area contributed by atoms with Gasteiger partial charge in [-0.15, -0.1) is 0 Å². The van der Waals surface area contributed by atoms with Crippen LogP contribution in [0.5, 0.6) is 0 Å². The molecule has 0 N–H and O–H groups in total. The number of hydrogen-bond acceptors (Lipinski definition) is 11. The molecule has 0 aromatic heterocycles. The number of Topliss-reactive ketones (excluding diaryl/α,β-unsaturated/α-hetero) is 1. The third-order valence-electron chi connectivity index (χ3n) is 4.27. The second-order valence-corrected chi connectivity index (χ2v) is 7.77. The first-order valence-electron chi connectivity index (χ1n) is 9.66. The zero-order valence-electron chi connectivity index (χ0n) is 18.9. The quantitative estimate of drug-likeness (QED) is 0.133. The summed E-state index contributed by atoms with van der Waals surface area (Å²) < 4.78 is 20.9. The third kappa shape index (κ3) is 10.9. The average Bonchev–Trinajstić information content (AvgIpc) is 3.01. The molecule has 2 heterocycles. The molecule has 1 saturated heterocycles. The minimum absolute atomic E-state index is 0. The van der Waals surface area contributed by atoms with E-state index in [1.807, 2.05) is 43.0 Å². The monoisotopic (exact) mass is 655 g/mol. The van der Waals surface area contributed by atoms with Crippen molar-refractivity contribution in [3.63, 3.8) is 0 Å². The second kappa shape index (κ2) is 14.6. The van der Waals surface area contributed by atoms with Crippen LogP contribution in [0.2, 0.25) is 0 Å². The van der Waals surface area contributed by atoms with Gasteiger partial charge in [0, 0.05) is 55.5 Å². The van der Waals surface area contributed by atoms with Gasteiger partial charge in [-0.25, -0.2) is 0 Å². The molecule has 0 bridgehead atoms. The van der Waals surface area contributed by atoms with E-state index in [1.54, 1.807) is 0 Å². The van der Waals surface area contributed by atoms with Gasteiger partial charge in [0.2, 0.25) is 0 Å². The SMILES string of the molecule is CC(=O)CC1C(OC(C)=O)C([S-])OC(COC(C)=O)C1OC(C)=O.CN1C=CN(C)[CH-]1.[Au]. The van der Waals surface area contributed by atoms with Gasteiger partial charge in [-0.05, 0) is 38.9 Å². The van der Waals surface area contributed by atoms with Crippen molar-refractivity contribution in [1.29, 1.82) is 0 Å². The Bertz CT molecular complexity index is 683. The molecule has 0 aliphatic carbocycles. The Morgan fingerprint density at radius 1 is 0.938 bits per heavy atom. The van der Waals surface area contributed by atoms with Crippen LogP contribution in [0.25, 0.3) is 0 Å². The van der Waals surface area contributed by atoms with Gasteiger partial charge in [0.15, 0.2) is 0 Å². The fourth-order valence-corrected chi connectivity index (χ4v) is 3.55. The van der Waals surface area contributed by atoms with Crippen molar-refractivity contribution in [2.24, 2.45) is 5.92 Å². The molecule has 0 spiro atoms. The molecular formula is C20H30AuN2O8S-2. The van der Waals surface area contributed by atoms with Crippen LogP contribution in [-0.2, 0) is 73.1 Å². The molecule has 5 atom stereocenters. The summed E-state index contributed by atoms with van der Waals surface area (Å²) in [7, 11) is 4.00. The van der Waals surface area contributed by atoms with Crippen LogP contribution < -0.4 is 0 Å². The first-order chi connectivity index (χ1) is 14.4.